The van der Waals surface area contributed by atoms with E-state index in [0.717, 1.165) is 12.8 Å². The molecule has 0 spiro atoms. The molecule has 0 amide bonds. The zero-order valence-electron chi connectivity index (χ0n) is 12.0. The maximum atomic E-state index is 14.1. The van der Waals surface area contributed by atoms with Gasteiger partial charge in [0.05, 0.1) is 5.41 Å². The van der Waals surface area contributed by atoms with E-state index in [1.54, 1.807) is 6.07 Å². The molecule has 1 aliphatic rings. The Balaban J connectivity index is 2.15. The molecule has 2 aromatic carbocycles. The number of halogens is 2. The normalized spacial score (nSPS) is 16.6. The van der Waals surface area contributed by atoms with Gasteiger partial charge in [-0.15, -0.1) is 0 Å². The molecule has 1 fully saturated rings. The predicted octanol–water partition coefficient (Wildman–Crippen LogP) is 4.53. The van der Waals surface area contributed by atoms with E-state index in [4.69, 9.17) is 0 Å². The molecule has 1 saturated carbocycles. The summed E-state index contributed by atoms with van der Waals surface area (Å²) in [6, 6.07) is 10.2. The first kappa shape index (κ1) is 14.7. The molecule has 0 unspecified atom stereocenters. The fourth-order valence-corrected chi connectivity index (χ4v) is 3.31. The van der Waals surface area contributed by atoms with Crippen LogP contribution in [0.5, 0.6) is 0 Å². The molecule has 2 aromatic rings. The third-order valence-corrected chi connectivity index (χ3v) is 4.55. The fourth-order valence-electron chi connectivity index (χ4n) is 3.31. The summed E-state index contributed by atoms with van der Waals surface area (Å²) in [6.45, 7) is 0. The molecule has 0 heterocycles. The third-order valence-electron chi connectivity index (χ3n) is 4.55. The monoisotopic (exact) mass is 302 g/mol. The lowest BCUT2D eigenvalue weighted by molar-refractivity contribution is -0.143. The minimum absolute atomic E-state index is 0.114. The van der Waals surface area contributed by atoms with Gasteiger partial charge in [0.25, 0.3) is 0 Å². The van der Waals surface area contributed by atoms with Crippen molar-refractivity contribution in [2.24, 2.45) is 0 Å². The van der Waals surface area contributed by atoms with Crippen LogP contribution in [0.1, 0.15) is 31.2 Å². The first-order valence-corrected chi connectivity index (χ1v) is 7.33. The van der Waals surface area contributed by atoms with E-state index in [1.165, 1.54) is 36.4 Å². The van der Waals surface area contributed by atoms with Crippen LogP contribution in [0.25, 0.3) is 11.1 Å². The standard InChI is InChI=1S/C18H16F2O2/c19-15-6-2-1-5-13(15)14-11-12(7-8-16(14)20)18(17(21)22)9-3-4-10-18/h1-2,5-8,11H,3-4,9-10H2,(H,21,22). The lowest BCUT2D eigenvalue weighted by Crippen LogP contribution is -2.32. The van der Waals surface area contributed by atoms with E-state index in [-0.39, 0.29) is 11.1 Å². The Bertz CT molecular complexity index is 719. The highest BCUT2D eigenvalue weighted by atomic mass is 19.1. The Labute approximate surface area is 127 Å². The summed E-state index contributed by atoms with van der Waals surface area (Å²) in [7, 11) is 0. The largest absolute Gasteiger partial charge is 0.481 e. The van der Waals surface area contributed by atoms with Crippen LogP contribution >= 0.6 is 0 Å². The molecule has 2 nitrogen and oxygen atoms in total. The van der Waals surface area contributed by atoms with Crippen LogP contribution in [0.15, 0.2) is 42.5 Å². The van der Waals surface area contributed by atoms with E-state index in [1.807, 2.05) is 0 Å². The highest BCUT2D eigenvalue weighted by Crippen LogP contribution is 2.43. The molecular formula is C18H16F2O2. The van der Waals surface area contributed by atoms with Gasteiger partial charge in [0.2, 0.25) is 0 Å². The average molecular weight is 302 g/mol. The molecule has 0 aromatic heterocycles. The average Bonchev–Trinajstić information content (AvgIpc) is 2.99. The lowest BCUT2D eigenvalue weighted by Gasteiger charge is -2.25. The van der Waals surface area contributed by atoms with Crippen molar-refractivity contribution in [2.45, 2.75) is 31.1 Å². The zero-order valence-corrected chi connectivity index (χ0v) is 12.0. The second kappa shape index (κ2) is 5.52. The molecular weight excluding hydrogens is 286 g/mol. The summed E-state index contributed by atoms with van der Waals surface area (Å²) in [5.74, 6) is -1.96. The maximum absolute atomic E-state index is 14.1. The first-order valence-electron chi connectivity index (χ1n) is 7.33. The molecule has 0 aliphatic heterocycles. The number of rotatable bonds is 3. The van der Waals surface area contributed by atoms with Crippen molar-refractivity contribution in [1.29, 1.82) is 0 Å². The lowest BCUT2D eigenvalue weighted by atomic mass is 9.78. The Morgan fingerprint density at radius 2 is 1.59 bits per heavy atom. The molecule has 0 saturated heterocycles. The number of benzene rings is 2. The van der Waals surface area contributed by atoms with Gasteiger partial charge in [0, 0.05) is 11.1 Å². The number of aliphatic carboxylic acids is 1. The first-order chi connectivity index (χ1) is 10.5. The van der Waals surface area contributed by atoms with Gasteiger partial charge in [0.15, 0.2) is 0 Å². The van der Waals surface area contributed by atoms with E-state index >= 15 is 0 Å². The topological polar surface area (TPSA) is 37.3 Å². The Morgan fingerprint density at radius 1 is 0.955 bits per heavy atom. The highest BCUT2D eigenvalue weighted by molar-refractivity contribution is 5.82. The van der Waals surface area contributed by atoms with Crippen LogP contribution in [0.4, 0.5) is 8.78 Å². The Hall–Kier alpha value is -2.23. The quantitative estimate of drug-likeness (QED) is 0.904. The van der Waals surface area contributed by atoms with Crippen LogP contribution in [-0.2, 0) is 10.2 Å². The van der Waals surface area contributed by atoms with Crippen LogP contribution in [0, 0.1) is 11.6 Å². The summed E-state index contributed by atoms with van der Waals surface area (Å²) in [5, 5.41) is 9.63. The van der Waals surface area contributed by atoms with Crippen molar-refractivity contribution < 1.29 is 18.7 Å². The molecule has 114 valence electrons. The Morgan fingerprint density at radius 3 is 2.23 bits per heavy atom. The van der Waals surface area contributed by atoms with Crippen molar-refractivity contribution in [2.75, 3.05) is 0 Å². The number of carboxylic acid groups (broad SMARTS) is 1. The van der Waals surface area contributed by atoms with E-state index in [2.05, 4.69) is 0 Å². The van der Waals surface area contributed by atoms with Crippen molar-refractivity contribution in [1.82, 2.24) is 0 Å². The van der Waals surface area contributed by atoms with Gasteiger partial charge in [-0.1, -0.05) is 37.1 Å². The van der Waals surface area contributed by atoms with Gasteiger partial charge in [-0.2, -0.15) is 0 Å². The van der Waals surface area contributed by atoms with Crippen molar-refractivity contribution in [3.8, 4) is 11.1 Å². The minimum atomic E-state index is -0.978. The van der Waals surface area contributed by atoms with Crippen molar-refractivity contribution in [3.63, 3.8) is 0 Å². The molecule has 3 rings (SSSR count). The highest BCUT2D eigenvalue weighted by Gasteiger charge is 2.43. The van der Waals surface area contributed by atoms with Gasteiger partial charge < -0.3 is 5.11 Å². The van der Waals surface area contributed by atoms with Gasteiger partial charge in [0.1, 0.15) is 11.6 Å². The SMILES string of the molecule is O=C(O)C1(c2ccc(F)c(-c3ccccc3F)c2)CCCC1. The molecule has 0 bridgehead atoms. The minimum Gasteiger partial charge on any atom is -0.481 e. The Kier molecular flexibility index (Phi) is 3.69. The zero-order chi connectivity index (χ0) is 15.7. The summed E-state index contributed by atoms with van der Waals surface area (Å²) < 4.78 is 28.1. The predicted molar refractivity (Wildman–Crippen MR) is 79.6 cm³/mol. The van der Waals surface area contributed by atoms with E-state index < -0.39 is 23.0 Å². The van der Waals surface area contributed by atoms with Crippen LogP contribution in [0.2, 0.25) is 0 Å². The summed E-state index contributed by atoms with van der Waals surface area (Å²) in [5.41, 5.74) is -0.158. The second-order valence-corrected chi connectivity index (χ2v) is 5.77. The molecule has 0 atom stereocenters. The van der Waals surface area contributed by atoms with Gasteiger partial charge in [-0.05, 0) is 36.6 Å². The van der Waals surface area contributed by atoms with Crippen molar-refractivity contribution in [3.05, 3.63) is 59.7 Å². The summed E-state index contributed by atoms with van der Waals surface area (Å²) in [6.07, 6.45) is 2.73. The van der Waals surface area contributed by atoms with Crippen molar-refractivity contribution >= 4 is 5.97 Å². The number of hydrogen-bond donors (Lipinski definition) is 1. The smallest absolute Gasteiger partial charge is 0.314 e. The van der Waals surface area contributed by atoms with Crippen LogP contribution < -0.4 is 0 Å². The van der Waals surface area contributed by atoms with Gasteiger partial charge in [-0.3, -0.25) is 4.79 Å². The molecule has 1 aliphatic carbocycles. The van der Waals surface area contributed by atoms with Crippen LogP contribution in [-0.4, -0.2) is 11.1 Å². The van der Waals surface area contributed by atoms with Gasteiger partial charge >= 0.3 is 5.97 Å². The second-order valence-electron chi connectivity index (χ2n) is 5.77. The molecule has 22 heavy (non-hydrogen) atoms. The molecule has 1 N–H and O–H groups in total. The van der Waals surface area contributed by atoms with E-state index in [9.17, 15) is 18.7 Å². The number of carbonyl (C=O) groups is 1. The molecule has 0 radical (unpaired) electrons. The van der Waals surface area contributed by atoms with E-state index in [0.29, 0.717) is 18.4 Å². The van der Waals surface area contributed by atoms with Gasteiger partial charge in [-0.25, -0.2) is 8.78 Å². The fraction of sp³-hybridized carbons (Fsp3) is 0.278. The number of carboxylic acids is 1. The maximum Gasteiger partial charge on any atom is 0.314 e. The van der Waals surface area contributed by atoms with Crippen LogP contribution in [0.3, 0.4) is 0 Å². The molecule has 4 heteroatoms. The summed E-state index contributed by atoms with van der Waals surface area (Å²) >= 11 is 0. The number of hydrogen-bond acceptors (Lipinski definition) is 1. The third kappa shape index (κ3) is 2.28. The summed E-state index contributed by atoms with van der Waals surface area (Å²) in [4.78, 5) is 11.8.